The number of hydrogen-bond acceptors (Lipinski definition) is 9. The molecule has 0 saturated carbocycles. The summed E-state index contributed by atoms with van der Waals surface area (Å²) >= 11 is 0.722. The van der Waals surface area contributed by atoms with E-state index in [1.165, 1.54) is 19.1 Å². The molecule has 0 aliphatic rings. The number of nitrogen functional groups attached to an aromatic ring is 1. The van der Waals surface area contributed by atoms with Crippen LogP contribution in [-0.2, 0) is 4.79 Å². The van der Waals surface area contributed by atoms with Crippen molar-refractivity contribution >= 4 is 40.6 Å². The van der Waals surface area contributed by atoms with E-state index in [-0.39, 0.29) is 16.3 Å². The monoisotopic (exact) mass is 555 g/mol. The molecule has 0 bridgehead atoms. The van der Waals surface area contributed by atoms with Crippen LogP contribution in [0.2, 0.25) is 0 Å². The first-order valence-corrected chi connectivity index (χ1v) is 12.8. The first kappa shape index (κ1) is 29.2. The van der Waals surface area contributed by atoms with Crippen molar-refractivity contribution in [2.45, 2.75) is 39.3 Å². The van der Waals surface area contributed by atoms with Gasteiger partial charge in [0.15, 0.2) is 17.2 Å². The van der Waals surface area contributed by atoms with E-state index >= 15 is 0 Å². The molecule has 3 rings (SSSR count). The Morgan fingerprint density at radius 3 is 2.28 bits per heavy atom. The van der Waals surface area contributed by atoms with Crippen LogP contribution >= 0.6 is 11.5 Å². The summed E-state index contributed by atoms with van der Waals surface area (Å²) < 4.78 is 20.7. The Balaban J connectivity index is 2.34. The standard InChI is InChI=1S/C27H33N5O6S/c1-7-38-17-11-9-8-10-16(17)32(26(35)23-20(28)21(24(29)33)31-39-23)22(25(34)30-27(2,3)4)15-12-13-18(36-5)19(14-15)37-6/h8-14,22H,7,28H2,1-6H3,(H2,29,33)(H,30,34)/t22-/m0/s1. The third-order valence-electron chi connectivity index (χ3n) is 5.53. The van der Waals surface area contributed by atoms with Gasteiger partial charge in [-0.3, -0.25) is 19.3 Å². The molecule has 0 saturated heterocycles. The van der Waals surface area contributed by atoms with E-state index in [0.29, 0.717) is 35.1 Å². The second-order valence-corrected chi connectivity index (χ2v) is 10.2. The molecule has 208 valence electrons. The zero-order valence-corrected chi connectivity index (χ0v) is 23.5. The highest BCUT2D eigenvalue weighted by molar-refractivity contribution is 7.09. The van der Waals surface area contributed by atoms with Crippen molar-refractivity contribution in [3.63, 3.8) is 0 Å². The molecule has 1 atom stereocenters. The van der Waals surface area contributed by atoms with Crippen LogP contribution in [0.25, 0.3) is 0 Å². The van der Waals surface area contributed by atoms with Crippen molar-refractivity contribution in [3.8, 4) is 17.2 Å². The topological polar surface area (TPSA) is 159 Å². The second kappa shape index (κ2) is 12.0. The van der Waals surface area contributed by atoms with Crippen LogP contribution in [0.5, 0.6) is 17.2 Å². The molecule has 1 aromatic heterocycles. The van der Waals surface area contributed by atoms with Crippen molar-refractivity contribution < 1.29 is 28.6 Å². The van der Waals surface area contributed by atoms with E-state index < -0.39 is 29.3 Å². The van der Waals surface area contributed by atoms with Crippen LogP contribution < -0.4 is 35.9 Å². The van der Waals surface area contributed by atoms with Crippen molar-refractivity contribution in [1.82, 2.24) is 9.69 Å². The molecule has 0 aliphatic heterocycles. The maximum absolute atomic E-state index is 14.3. The van der Waals surface area contributed by atoms with E-state index in [4.69, 9.17) is 25.7 Å². The van der Waals surface area contributed by atoms with E-state index in [1.54, 1.807) is 49.4 Å². The molecule has 0 aliphatic carbocycles. The molecule has 12 heteroatoms. The molecule has 0 fully saturated rings. The summed E-state index contributed by atoms with van der Waals surface area (Å²) in [6.45, 7) is 7.61. The second-order valence-electron chi connectivity index (χ2n) is 9.47. The summed E-state index contributed by atoms with van der Waals surface area (Å²) in [4.78, 5) is 41.4. The Morgan fingerprint density at radius 1 is 1.05 bits per heavy atom. The molecule has 5 N–H and O–H groups in total. The fourth-order valence-electron chi connectivity index (χ4n) is 3.92. The Kier molecular flexibility index (Phi) is 9.02. The Morgan fingerprint density at radius 2 is 1.72 bits per heavy atom. The maximum Gasteiger partial charge on any atom is 0.273 e. The lowest BCUT2D eigenvalue weighted by molar-refractivity contribution is -0.123. The van der Waals surface area contributed by atoms with Crippen LogP contribution in [-0.4, -0.2) is 48.5 Å². The fraction of sp³-hybridized carbons (Fsp3) is 0.333. The Labute approximate surface area is 231 Å². The van der Waals surface area contributed by atoms with Crippen LogP contribution in [0.4, 0.5) is 11.4 Å². The van der Waals surface area contributed by atoms with Gasteiger partial charge in [0.25, 0.3) is 11.8 Å². The lowest BCUT2D eigenvalue weighted by atomic mass is 9.99. The van der Waals surface area contributed by atoms with E-state index in [0.717, 1.165) is 11.5 Å². The number of nitrogens with two attached hydrogens (primary N) is 2. The van der Waals surface area contributed by atoms with Gasteiger partial charge in [0.1, 0.15) is 16.7 Å². The molecule has 2 aromatic carbocycles. The van der Waals surface area contributed by atoms with Gasteiger partial charge in [-0.2, -0.15) is 4.37 Å². The zero-order valence-electron chi connectivity index (χ0n) is 22.7. The molecule has 0 unspecified atom stereocenters. The largest absolute Gasteiger partial charge is 0.493 e. The average molecular weight is 556 g/mol. The van der Waals surface area contributed by atoms with Gasteiger partial charge in [-0.1, -0.05) is 18.2 Å². The quantitative estimate of drug-likeness (QED) is 0.343. The maximum atomic E-state index is 14.3. The lowest BCUT2D eigenvalue weighted by Crippen LogP contribution is -2.49. The number of primary amides is 1. The fourth-order valence-corrected chi connectivity index (χ4v) is 4.66. The van der Waals surface area contributed by atoms with Gasteiger partial charge in [-0.15, -0.1) is 0 Å². The minimum absolute atomic E-state index is 0.0517. The number of benzene rings is 2. The zero-order chi connectivity index (χ0) is 28.9. The van der Waals surface area contributed by atoms with Crippen molar-refractivity contribution in [2.75, 3.05) is 31.5 Å². The molecule has 3 amide bonds. The van der Waals surface area contributed by atoms with Crippen LogP contribution in [0.3, 0.4) is 0 Å². The minimum Gasteiger partial charge on any atom is -0.493 e. The third kappa shape index (κ3) is 6.40. The normalized spacial score (nSPS) is 11.8. The summed E-state index contributed by atoms with van der Waals surface area (Å²) in [6.07, 6.45) is 0. The number of hydrogen-bond donors (Lipinski definition) is 3. The minimum atomic E-state index is -1.23. The molecule has 11 nitrogen and oxygen atoms in total. The number of nitrogens with one attached hydrogen (secondary N) is 1. The van der Waals surface area contributed by atoms with Crippen molar-refractivity contribution in [2.24, 2.45) is 5.73 Å². The summed E-state index contributed by atoms with van der Waals surface area (Å²) in [5.41, 5.74) is 11.3. The molecule has 0 spiro atoms. The number of aromatic nitrogens is 1. The molecule has 3 aromatic rings. The van der Waals surface area contributed by atoms with Gasteiger partial charge in [0.2, 0.25) is 5.91 Å². The number of anilines is 2. The lowest BCUT2D eigenvalue weighted by Gasteiger charge is -2.34. The van der Waals surface area contributed by atoms with E-state index in [1.807, 2.05) is 20.8 Å². The van der Waals surface area contributed by atoms with Gasteiger partial charge in [-0.25, -0.2) is 0 Å². The van der Waals surface area contributed by atoms with Gasteiger partial charge in [0, 0.05) is 5.54 Å². The summed E-state index contributed by atoms with van der Waals surface area (Å²) in [5.74, 6) is -0.850. The molecule has 39 heavy (non-hydrogen) atoms. The van der Waals surface area contributed by atoms with Gasteiger partial charge in [-0.05, 0) is 69.1 Å². The molecule has 1 heterocycles. The van der Waals surface area contributed by atoms with Crippen LogP contribution in [0.1, 0.15) is 59.5 Å². The SMILES string of the molecule is CCOc1ccccc1N(C(=O)c1snc(C(N)=O)c1N)[C@H](C(=O)NC(C)(C)C)c1ccc(OC)c(OC)c1. The van der Waals surface area contributed by atoms with E-state index in [9.17, 15) is 14.4 Å². The highest BCUT2D eigenvalue weighted by Gasteiger charge is 2.38. The molecule has 0 radical (unpaired) electrons. The van der Waals surface area contributed by atoms with Crippen LogP contribution in [0, 0.1) is 0 Å². The molecular weight excluding hydrogens is 522 g/mol. The predicted molar refractivity (Wildman–Crippen MR) is 150 cm³/mol. The number of nitrogens with zero attached hydrogens (tertiary/aromatic N) is 2. The average Bonchev–Trinajstić information content (AvgIpc) is 3.27. The number of para-hydroxylation sites is 2. The Bertz CT molecular complexity index is 1370. The van der Waals surface area contributed by atoms with Gasteiger partial charge < -0.3 is 31.0 Å². The highest BCUT2D eigenvalue weighted by atomic mass is 32.1. The van der Waals surface area contributed by atoms with Gasteiger partial charge >= 0.3 is 0 Å². The molecular formula is C27H33N5O6S. The number of carbonyl (C=O) groups is 3. The first-order valence-electron chi connectivity index (χ1n) is 12.1. The summed E-state index contributed by atoms with van der Waals surface area (Å²) in [7, 11) is 2.97. The number of methoxy groups -OCH3 is 2. The smallest absolute Gasteiger partial charge is 0.273 e. The Hall–Kier alpha value is -4.32. The number of rotatable bonds is 10. The summed E-state index contributed by atoms with van der Waals surface area (Å²) in [6, 6.07) is 10.5. The van der Waals surface area contributed by atoms with Gasteiger partial charge in [0.05, 0.1) is 32.2 Å². The third-order valence-corrected chi connectivity index (χ3v) is 6.38. The number of ether oxygens (including phenoxy) is 3. The van der Waals surface area contributed by atoms with Crippen LogP contribution in [0.15, 0.2) is 42.5 Å². The number of carbonyl (C=O) groups excluding carboxylic acids is 3. The predicted octanol–water partition coefficient (Wildman–Crippen LogP) is 3.54. The number of amides is 3. The first-order chi connectivity index (χ1) is 18.4. The van der Waals surface area contributed by atoms with E-state index in [2.05, 4.69) is 9.69 Å². The van der Waals surface area contributed by atoms with Crippen molar-refractivity contribution in [3.05, 3.63) is 58.6 Å². The summed E-state index contributed by atoms with van der Waals surface area (Å²) in [5, 5.41) is 2.97. The highest BCUT2D eigenvalue weighted by Crippen LogP contribution is 2.40. The van der Waals surface area contributed by atoms with Crippen molar-refractivity contribution in [1.29, 1.82) is 0 Å².